The third kappa shape index (κ3) is 3.99. The molecule has 0 aliphatic carbocycles. The first kappa shape index (κ1) is 23.7. The topological polar surface area (TPSA) is 95.1 Å². The number of aromatic amines is 1. The molecular formula is C25H26ClN3O5. The molecule has 1 aliphatic heterocycles. The predicted octanol–water partition coefficient (Wildman–Crippen LogP) is 3.82. The number of aliphatic hydroxyl groups is 1. The monoisotopic (exact) mass is 483 g/mol. The molecule has 8 nitrogen and oxygen atoms in total. The van der Waals surface area contributed by atoms with E-state index in [1.807, 2.05) is 43.3 Å². The zero-order valence-corrected chi connectivity index (χ0v) is 20.1. The molecule has 34 heavy (non-hydrogen) atoms. The lowest BCUT2D eigenvalue weighted by Crippen LogP contribution is -2.35. The van der Waals surface area contributed by atoms with E-state index in [9.17, 15) is 14.7 Å². The Labute approximate surface area is 202 Å². The molecule has 1 aromatic heterocycles. The number of fused-ring (bicyclic) bond motifs is 1. The zero-order valence-electron chi connectivity index (χ0n) is 19.4. The summed E-state index contributed by atoms with van der Waals surface area (Å²) < 4.78 is 10.7. The third-order valence-electron chi connectivity index (χ3n) is 5.97. The molecule has 1 fully saturated rings. The Morgan fingerprint density at radius 2 is 1.85 bits per heavy atom. The van der Waals surface area contributed by atoms with Gasteiger partial charge in [-0.05, 0) is 26.2 Å². The van der Waals surface area contributed by atoms with Crippen molar-refractivity contribution in [1.82, 2.24) is 14.8 Å². The number of ether oxygens (including phenoxy) is 2. The van der Waals surface area contributed by atoms with Crippen molar-refractivity contribution < 1.29 is 24.2 Å². The first-order valence-electron chi connectivity index (χ1n) is 10.7. The quantitative estimate of drug-likeness (QED) is 0.301. The van der Waals surface area contributed by atoms with Gasteiger partial charge in [0.15, 0.2) is 0 Å². The van der Waals surface area contributed by atoms with Gasteiger partial charge < -0.3 is 29.4 Å². The molecule has 1 atom stereocenters. The highest BCUT2D eigenvalue weighted by atomic mass is 35.5. The van der Waals surface area contributed by atoms with Crippen LogP contribution < -0.4 is 9.47 Å². The Morgan fingerprint density at radius 3 is 2.53 bits per heavy atom. The fourth-order valence-corrected chi connectivity index (χ4v) is 4.48. The number of aromatic nitrogens is 1. The van der Waals surface area contributed by atoms with Crippen LogP contribution in [0.4, 0.5) is 0 Å². The fraction of sp³-hybridized carbons (Fsp3) is 0.280. The molecule has 0 saturated carbocycles. The SMILES string of the molecule is COc1cc(/C(O)=C2\C(=O)C(=O)N(CCN(C)C)C2c2c[nH]c3ccccc23)c(OC)cc1Cl. The second kappa shape index (κ2) is 9.40. The summed E-state index contributed by atoms with van der Waals surface area (Å²) in [4.78, 5) is 33.1. The molecule has 0 spiro atoms. The smallest absolute Gasteiger partial charge is 0.295 e. The number of carbonyl (C=O) groups excluding carboxylic acids is 2. The third-order valence-corrected chi connectivity index (χ3v) is 6.27. The van der Waals surface area contributed by atoms with Gasteiger partial charge in [0.05, 0.1) is 36.4 Å². The number of ketones is 1. The summed E-state index contributed by atoms with van der Waals surface area (Å²) in [6, 6.07) is 9.82. The van der Waals surface area contributed by atoms with Crippen LogP contribution in [0, 0.1) is 0 Å². The molecule has 0 radical (unpaired) electrons. The van der Waals surface area contributed by atoms with Gasteiger partial charge in [0, 0.05) is 41.8 Å². The Balaban J connectivity index is 1.96. The van der Waals surface area contributed by atoms with E-state index in [4.69, 9.17) is 21.1 Å². The Kier molecular flexibility index (Phi) is 6.54. The minimum absolute atomic E-state index is 0.0174. The van der Waals surface area contributed by atoms with Crippen molar-refractivity contribution in [2.24, 2.45) is 0 Å². The molecule has 2 N–H and O–H groups in total. The van der Waals surface area contributed by atoms with Gasteiger partial charge in [-0.15, -0.1) is 0 Å². The number of hydrogen-bond acceptors (Lipinski definition) is 6. The molecule has 2 heterocycles. The van der Waals surface area contributed by atoms with E-state index in [-0.39, 0.29) is 27.7 Å². The molecule has 2 aromatic carbocycles. The molecule has 178 valence electrons. The highest BCUT2D eigenvalue weighted by molar-refractivity contribution is 6.46. The summed E-state index contributed by atoms with van der Waals surface area (Å²) in [6.07, 6.45) is 1.77. The number of nitrogens with one attached hydrogen (secondary N) is 1. The van der Waals surface area contributed by atoms with Gasteiger partial charge in [-0.1, -0.05) is 29.8 Å². The number of methoxy groups -OCH3 is 2. The minimum atomic E-state index is -0.789. The van der Waals surface area contributed by atoms with Crippen LogP contribution in [0.15, 0.2) is 48.2 Å². The molecule has 4 rings (SSSR count). The lowest BCUT2D eigenvalue weighted by Gasteiger charge is -2.26. The van der Waals surface area contributed by atoms with Crippen molar-refractivity contribution in [3.63, 3.8) is 0 Å². The van der Waals surface area contributed by atoms with Crippen molar-refractivity contribution >= 4 is 40.0 Å². The molecule has 1 saturated heterocycles. The highest BCUT2D eigenvalue weighted by Gasteiger charge is 2.47. The van der Waals surface area contributed by atoms with Gasteiger partial charge in [0.25, 0.3) is 11.7 Å². The lowest BCUT2D eigenvalue weighted by molar-refractivity contribution is -0.140. The maximum atomic E-state index is 13.3. The highest BCUT2D eigenvalue weighted by Crippen LogP contribution is 2.44. The van der Waals surface area contributed by atoms with Crippen molar-refractivity contribution in [3.05, 3.63) is 64.3 Å². The second-order valence-electron chi connectivity index (χ2n) is 8.27. The van der Waals surface area contributed by atoms with Gasteiger partial charge in [0.1, 0.15) is 17.3 Å². The zero-order chi connectivity index (χ0) is 24.6. The van der Waals surface area contributed by atoms with Crippen molar-refractivity contribution in [3.8, 4) is 11.5 Å². The Bertz CT molecular complexity index is 1300. The van der Waals surface area contributed by atoms with Crippen LogP contribution in [0.3, 0.4) is 0 Å². The van der Waals surface area contributed by atoms with Crippen LogP contribution in [0.2, 0.25) is 5.02 Å². The molecule has 0 bridgehead atoms. The van der Waals surface area contributed by atoms with E-state index in [1.54, 1.807) is 6.20 Å². The second-order valence-corrected chi connectivity index (χ2v) is 8.68. The average Bonchev–Trinajstić information content (AvgIpc) is 3.35. The van der Waals surface area contributed by atoms with Crippen LogP contribution in [0.5, 0.6) is 11.5 Å². The van der Waals surface area contributed by atoms with Crippen molar-refractivity contribution in [2.75, 3.05) is 41.4 Å². The molecule has 1 unspecified atom stereocenters. The normalized spacial score (nSPS) is 17.7. The maximum Gasteiger partial charge on any atom is 0.295 e. The van der Waals surface area contributed by atoms with Crippen molar-refractivity contribution in [1.29, 1.82) is 0 Å². The summed E-state index contributed by atoms with van der Waals surface area (Å²) in [7, 11) is 6.66. The Hall–Kier alpha value is -3.49. The number of H-pyrrole nitrogens is 1. The molecule has 1 amide bonds. The number of aliphatic hydroxyl groups excluding tert-OH is 1. The number of nitrogens with zero attached hydrogens (tertiary/aromatic N) is 2. The van der Waals surface area contributed by atoms with Gasteiger partial charge >= 0.3 is 0 Å². The number of likely N-dealkylation sites (tertiary alicyclic amines) is 1. The van der Waals surface area contributed by atoms with Crippen molar-refractivity contribution in [2.45, 2.75) is 6.04 Å². The van der Waals surface area contributed by atoms with Crippen LogP contribution in [0.1, 0.15) is 17.2 Å². The molecule has 9 heteroatoms. The largest absolute Gasteiger partial charge is 0.507 e. The number of carbonyl (C=O) groups is 2. The molecule has 3 aromatic rings. The summed E-state index contributed by atoms with van der Waals surface area (Å²) >= 11 is 6.22. The van der Waals surface area contributed by atoms with Gasteiger partial charge in [-0.3, -0.25) is 9.59 Å². The van der Waals surface area contributed by atoms with Gasteiger partial charge in [-0.2, -0.15) is 0 Å². The number of likely N-dealkylation sites (N-methyl/N-ethyl adjacent to an activating group) is 1. The minimum Gasteiger partial charge on any atom is -0.507 e. The summed E-state index contributed by atoms with van der Waals surface area (Å²) in [5.74, 6) is -1.23. The number of para-hydroxylation sites is 1. The predicted molar refractivity (Wildman–Crippen MR) is 130 cm³/mol. The number of benzene rings is 2. The van der Waals surface area contributed by atoms with Crippen LogP contribution in [0.25, 0.3) is 16.7 Å². The fourth-order valence-electron chi connectivity index (χ4n) is 4.25. The van der Waals surface area contributed by atoms with Crippen LogP contribution in [-0.4, -0.2) is 73.0 Å². The van der Waals surface area contributed by atoms with Crippen LogP contribution >= 0.6 is 11.6 Å². The van der Waals surface area contributed by atoms with E-state index >= 15 is 0 Å². The van der Waals surface area contributed by atoms with E-state index in [0.29, 0.717) is 18.8 Å². The first-order chi connectivity index (χ1) is 16.3. The molecule has 1 aliphatic rings. The molecular weight excluding hydrogens is 458 g/mol. The lowest BCUT2D eigenvalue weighted by atomic mass is 9.94. The van der Waals surface area contributed by atoms with Gasteiger partial charge in [-0.25, -0.2) is 0 Å². The maximum absolute atomic E-state index is 13.3. The van der Waals surface area contributed by atoms with E-state index < -0.39 is 17.7 Å². The summed E-state index contributed by atoms with van der Waals surface area (Å²) in [5.41, 5.74) is 1.77. The number of halogens is 1. The summed E-state index contributed by atoms with van der Waals surface area (Å²) in [6.45, 7) is 0.851. The van der Waals surface area contributed by atoms with E-state index in [0.717, 1.165) is 16.5 Å². The summed E-state index contributed by atoms with van der Waals surface area (Å²) in [5, 5.41) is 12.6. The van der Waals surface area contributed by atoms with Crippen LogP contribution in [-0.2, 0) is 9.59 Å². The Morgan fingerprint density at radius 1 is 1.15 bits per heavy atom. The first-order valence-corrected chi connectivity index (χ1v) is 11.1. The number of Topliss-reactive ketones (excluding diaryl/α,β-unsaturated/α-hetero) is 1. The number of rotatable bonds is 7. The number of hydrogen-bond donors (Lipinski definition) is 2. The standard InChI is InChI=1S/C25H26ClN3O5/c1-28(2)9-10-29-22(16-13-27-18-8-6-5-7-14(16)18)21(24(31)25(29)32)23(30)15-11-20(34-4)17(26)12-19(15)33-3/h5-8,11-13,22,27,30H,9-10H2,1-4H3/b23-21+. The average molecular weight is 484 g/mol. The van der Waals surface area contributed by atoms with E-state index in [2.05, 4.69) is 4.98 Å². The van der Waals surface area contributed by atoms with Gasteiger partial charge in [0.2, 0.25) is 0 Å². The van der Waals surface area contributed by atoms with E-state index in [1.165, 1.54) is 31.3 Å². The number of amides is 1.